The van der Waals surface area contributed by atoms with Gasteiger partial charge in [0.2, 0.25) is 10.0 Å². The molecule has 4 rings (SSSR count). The Bertz CT molecular complexity index is 938. The van der Waals surface area contributed by atoms with Crippen LogP contribution in [0.5, 0.6) is 17.2 Å². The predicted octanol–water partition coefficient (Wildman–Crippen LogP) is 2.99. The Hall–Kier alpha value is -2.25. The summed E-state index contributed by atoms with van der Waals surface area (Å²) in [6.07, 6.45) is 0.697. The smallest absolute Gasteiger partial charge is 0.243 e. The molecule has 0 fully saturated rings. The van der Waals surface area contributed by atoms with Crippen molar-refractivity contribution >= 4 is 10.0 Å². The molecule has 144 valence electrons. The molecule has 0 spiro atoms. The topological polar surface area (TPSA) is 65.1 Å². The van der Waals surface area contributed by atoms with E-state index in [0.29, 0.717) is 44.2 Å². The first kappa shape index (κ1) is 18.1. The Kier molecular flexibility index (Phi) is 4.74. The average molecular weight is 389 g/mol. The zero-order valence-electron chi connectivity index (χ0n) is 15.5. The number of rotatable bonds is 4. The molecule has 0 radical (unpaired) electrons. The second-order valence-electron chi connectivity index (χ2n) is 6.99. The molecular formula is C20H23NO5S. The van der Waals surface area contributed by atoms with Crippen molar-refractivity contribution in [2.45, 2.75) is 37.8 Å². The van der Waals surface area contributed by atoms with Crippen molar-refractivity contribution in [2.24, 2.45) is 0 Å². The monoisotopic (exact) mass is 389 g/mol. The highest BCUT2D eigenvalue weighted by Gasteiger charge is 2.29. The molecule has 7 heteroatoms. The van der Waals surface area contributed by atoms with E-state index in [9.17, 15) is 8.42 Å². The predicted molar refractivity (Wildman–Crippen MR) is 101 cm³/mol. The largest absolute Gasteiger partial charge is 0.491 e. The van der Waals surface area contributed by atoms with Gasteiger partial charge < -0.3 is 14.2 Å². The molecule has 0 saturated heterocycles. The lowest BCUT2D eigenvalue weighted by Gasteiger charge is -2.30. The Morgan fingerprint density at radius 3 is 2.26 bits per heavy atom. The Morgan fingerprint density at radius 2 is 1.63 bits per heavy atom. The second kappa shape index (κ2) is 7.05. The molecule has 2 aliphatic heterocycles. The Morgan fingerprint density at radius 1 is 1.00 bits per heavy atom. The average Bonchev–Trinajstić information content (AvgIpc) is 2.66. The van der Waals surface area contributed by atoms with Crippen molar-refractivity contribution < 1.29 is 22.6 Å². The first-order valence-electron chi connectivity index (χ1n) is 9.12. The maximum absolute atomic E-state index is 13.0. The summed E-state index contributed by atoms with van der Waals surface area (Å²) in [6.45, 7) is 5.70. The maximum Gasteiger partial charge on any atom is 0.243 e. The molecule has 2 aliphatic rings. The van der Waals surface area contributed by atoms with Crippen LogP contribution in [-0.4, -0.2) is 38.6 Å². The van der Waals surface area contributed by atoms with Crippen molar-refractivity contribution in [1.82, 2.24) is 4.31 Å². The first-order valence-corrected chi connectivity index (χ1v) is 10.6. The molecule has 0 amide bonds. The van der Waals surface area contributed by atoms with Gasteiger partial charge in [0.25, 0.3) is 0 Å². The van der Waals surface area contributed by atoms with Crippen LogP contribution in [0.2, 0.25) is 0 Å². The van der Waals surface area contributed by atoms with Gasteiger partial charge in [-0.25, -0.2) is 8.42 Å². The van der Waals surface area contributed by atoms with Gasteiger partial charge in [0.15, 0.2) is 11.5 Å². The third-order valence-corrected chi connectivity index (χ3v) is 6.53. The van der Waals surface area contributed by atoms with E-state index < -0.39 is 10.0 Å². The van der Waals surface area contributed by atoms with Crippen LogP contribution < -0.4 is 14.2 Å². The minimum absolute atomic E-state index is 0.0446. The van der Waals surface area contributed by atoms with Crippen molar-refractivity contribution in [3.05, 3.63) is 47.5 Å². The van der Waals surface area contributed by atoms with Crippen LogP contribution in [0.25, 0.3) is 0 Å². The molecule has 2 aromatic rings. The number of nitrogens with zero attached hydrogens (tertiary/aromatic N) is 1. The normalized spacial score (nSPS) is 16.9. The highest BCUT2D eigenvalue weighted by molar-refractivity contribution is 7.89. The van der Waals surface area contributed by atoms with Gasteiger partial charge >= 0.3 is 0 Å². The number of hydrogen-bond donors (Lipinski definition) is 0. The van der Waals surface area contributed by atoms with Crippen molar-refractivity contribution in [3.63, 3.8) is 0 Å². The fourth-order valence-corrected chi connectivity index (χ4v) is 4.80. The van der Waals surface area contributed by atoms with E-state index in [1.54, 1.807) is 24.3 Å². The Balaban J connectivity index is 1.57. The van der Waals surface area contributed by atoms with Crippen LogP contribution in [0.3, 0.4) is 0 Å². The summed E-state index contributed by atoms with van der Waals surface area (Å²) < 4.78 is 44.5. The van der Waals surface area contributed by atoms with E-state index in [2.05, 4.69) is 0 Å². The third kappa shape index (κ3) is 3.61. The molecule has 6 nitrogen and oxygen atoms in total. The number of ether oxygens (including phenoxy) is 3. The van der Waals surface area contributed by atoms with Crippen LogP contribution in [0, 0.1) is 0 Å². The molecule has 2 heterocycles. The minimum Gasteiger partial charge on any atom is -0.491 e. The van der Waals surface area contributed by atoms with Gasteiger partial charge in [0.1, 0.15) is 19.0 Å². The summed E-state index contributed by atoms with van der Waals surface area (Å²) in [7, 11) is -3.57. The molecule has 0 atom stereocenters. The zero-order chi connectivity index (χ0) is 19.0. The summed E-state index contributed by atoms with van der Waals surface area (Å²) >= 11 is 0. The lowest BCUT2D eigenvalue weighted by atomic mass is 10.00. The molecule has 27 heavy (non-hydrogen) atoms. The molecule has 0 saturated carbocycles. The third-order valence-electron chi connectivity index (χ3n) is 4.67. The van der Waals surface area contributed by atoms with Crippen LogP contribution in [0.4, 0.5) is 0 Å². The standard InChI is InChI=1S/C20H23NO5S/c1-14(2)26-17-3-5-18(6-4-17)27(22,23)21-8-7-15-11-19-20(12-16(15)13-21)25-10-9-24-19/h3-6,11-12,14H,7-10,13H2,1-2H3. The molecule has 0 N–H and O–H groups in total. The van der Waals surface area contributed by atoms with E-state index in [4.69, 9.17) is 14.2 Å². The van der Waals surface area contributed by atoms with Crippen LogP contribution in [-0.2, 0) is 23.0 Å². The molecule has 0 aliphatic carbocycles. The van der Waals surface area contributed by atoms with Crippen LogP contribution in [0.15, 0.2) is 41.3 Å². The van der Waals surface area contributed by atoms with Gasteiger partial charge in [-0.3, -0.25) is 0 Å². The highest BCUT2D eigenvalue weighted by Crippen LogP contribution is 2.36. The number of sulfonamides is 1. The maximum atomic E-state index is 13.0. The second-order valence-corrected chi connectivity index (χ2v) is 8.93. The van der Waals surface area contributed by atoms with E-state index in [0.717, 1.165) is 16.9 Å². The van der Waals surface area contributed by atoms with Gasteiger partial charge in [-0.05, 0) is 67.8 Å². The summed E-state index contributed by atoms with van der Waals surface area (Å²) in [4.78, 5) is 0.277. The highest BCUT2D eigenvalue weighted by atomic mass is 32.2. The van der Waals surface area contributed by atoms with Crippen molar-refractivity contribution in [1.29, 1.82) is 0 Å². The molecular weight excluding hydrogens is 366 g/mol. The molecule has 0 bridgehead atoms. The van der Waals surface area contributed by atoms with Crippen molar-refractivity contribution in [2.75, 3.05) is 19.8 Å². The van der Waals surface area contributed by atoms with Crippen molar-refractivity contribution in [3.8, 4) is 17.2 Å². The van der Waals surface area contributed by atoms with Crippen LogP contribution >= 0.6 is 0 Å². The van der Waals surface area contributed by atoms with Crippen LogP contribution in [0.1, 0.15) is 25.0 Å². The summed E-state index contributed by atoms with van der Waals surface area (Å²) in [5.74, 6) is 2.10. The van der Waals surface area contributed by atoms with Gasteiger partial charge in [0, 0.05) is 13.1 Å². The molecule has 2 aromatic carbocycles. The summed E-state index contributed by atoms with van der Waals surface area (Å²) in [5.41, 5.74) is 2.08. The van der Waals surface area contributed by atoms with Gasteiger partial charge in [-0.2, -0.15) is 4.31 Å². The lowest BCUT2D eigenvalue weighted by molar-refractivity contribution is 0.171. The zero-order valence-corrected chi connectivity index (χ0v) is 16.3. The van der Waals surface area contributed by atoms with E-state index >= 15 is 0 Å². The SMILES string of the molecule is CC(C)Oc1ccc(S(=O)(=O)N2CCc3cc4c(cc3C2)OCCO4)cc1. The molecule has 0 aromatic heterocycles. The quantitative estimate of drug-likeness (QED) is 0.804. The lowest BCUT2D eigenvalue weighted by Crippen LogP contribution is -2.36. The molecule has 0 unspecified atom stereocenters. The van der Waals surface area contributed by atoms with E-state index in [1.807, 2.05) is 26.0 Å². The Labute approximate surface area is 159 Å². The van der Waals surface area contributed by atoms with Gasteiger partial charge in [-0.1, -0.05) is 0 Å². The number of fused-ring (bicyclic) bond motifs is 2. The van der Waals surface area contributed by atoms with Gasteiger partial charge in [-0.15, -0.1) is 0 Å². The fraction of sp³-hybridized carbons (Fsp3) is 0.400. The number of benzene rings is 2. The fourth-order valence-electron chi connectivity index (χ4n) is 3.38. The van der Waals surface area contributed by atoms with Gasteiger partial charge in [0.05, 0.1) is 11.0 Å². The first-order chi connectivity index (χ1) is 12.9. The summed E-state index contributed by atoms with van der Waals surface area (Å²) in [5, 5.41) is 0. The summed E-state index contributed by atoms with van der Waals surface area (Å²) in [6, 6.07) is 10.5. The van der Waals surface area contributed by atoms with E-state index in [1.165, 1.54) is 4.31 Å². The van der Waals surface area contributed by atoms with E-state index in [-0.39, 0.29) is 11.0 Å². The minimum atomic E-state index is -3.57. The number of hydrogen-bond acceptors (Lipinski definition) is 5.